The van der Waals surface area contributed by atoms with Crippen LogP contribution in [0.15, 0.2) is 185 Å². The molecule has 0 aliphatic heterocycles. The van der Waals surface area contributed by atoms with Crippen molar-refractivity contribution in [3.63, 3.8) is 0 Å². The molecule has 10 rings (SSSR count). The van der Waals surface area contributed by atoms with E-state index in [1.165, 1.54) is 0 Å². The van der Waals surface area contributed by atoms with Crippen molar-refractivity contribution in [3.05, 3.63) is 176 Å². The molecule has 10 aromatic rings. The van der Waals surface area contributed by atoms with Gasteiger partial charge in [-0.15, -0.1) is 0 Å². The Balaban J connectivity index is 1.26. The molecule has 0 bridgehead atoms. The Morgan fingerprint density at radius 2 is 1.12 bits per heavy atom. The molecule has 3 nitrogen and oxygen atoms in total. The molecule has 0 unspecified atom stereocenters. The van der Waals surface area contributed by atoms with Crippen molar-refractivity contribution in [2.24, 2.45) is 0 Å². The lowest BCUT2D eigenvalue weighted by atomic mass is 9.99. The van der Waals surface area contributed by atoms with Gasteiger partial charge in [-0.25, -0.2) is 0 Å². The van der Waals surface area contributed by atoms with Crippen LogP contribution in [0.3, 0.4) is 0 Å². The summed E-state index contributed by atoms with van der Waals surface area (Å²) < 4.78 is 50.9. The summed E-state index contributed by atoms with van der Waals surface area (Å²) >= 11 is 0. The van der Waals surface area contributed by atoms with E-state index in [4.69, 9.17) is 8.83 Å². The summed E-state index contributed by atoms with van der Waals surface area (Å²) in [6.45, 7) is 0. The molecular formula is C46H29NO2. The zero-order chi connectivity index (χ0) is 35.8. The van der Waals surface area contributed by atoms with Gasteiger partial charge in [0.05, 0.1) is 22.2 Å². The fourth-order valence-corrected chi connectivity index (χ4v) is 7.07. The summed E-state index contributed by atoms with van der Waals surface area (Å²) in [6, 6.07) is 48.7. The van der Waals surface area contributed by atoms with E-state index in [-0.39, 0.29) is 35.4 Å². The summed E-state index contributed by atoms with van der Waals surface area (Å²) in [5.41, 5.74) is 6.88. The van der Waals surface area contributed by atoms with Crippen molar-refractivity contribution in [3.8, 4) is 22.3 Å². The fraction of sp³-hybridized carbons (Fsp3) is 0. The molecule has 0 aliphatic rings. The van der Waals surface area contributed by atoms with Crippen molar-refractivity contribution >= 4 is 71.7 Å². The Labute approximate surface area is 288 Å². The Morgan fingerprint density at radius 3 is 2.02 bits per heavy atom. The standard InChI is InChI=1S/C46H29NO2/c1-2-11-31(12-3-1)35-14-6-8-17-40(35)47(41-18-10-20-43-45(41)39-28-23-32-13-4-5-15-36(32)46(39)49-43)34-25-21-30(22-26-34)33-24-27-38-37-16-7-9-19-42(37)48-44(38)29-33/h1-29H/i21D,22D,25D,26D. The maximum atomic E-state index is 9.64. The number of para-hydroxylation sites is 2. The van der Waals surface area contributed by atoms with Crippen molar-refractivity contribution in [1.29, 1.82) is 0 Å². The number of rotatable bonds is 5. The lowest BCUT2D eigenvalue weighted by Crippen LogP contribution is -2.11. The zero-order valence-corrected chi connectivity index (χ0v) is 26.2. The third-order valence-electron chi connectivity index (χ3n) is 9.34. The highest BCUT2D eigenvalue weighted by atomic mass is 16.3. The summed E-state index contributed by atoms with van der Waals surface area (Å²) in [6.07, 6.45) is 0. The van der Waals surface area contributed by atoms with E-state index in [1.54, 1.807) is 0 Å². The van der Waals surface area contributed by atoms with Crippen LogP contribution >= 0.6 is 0 Å². The highest BCUT2D eigenvalue weighted by molar-refractivity contribution is 6.20. The van der Waals surface area contributed by atoms with Crippen LogP contribution in [0, 0.1) is 0 Å². The van der Waals surface area contributed by atoms with Gasteiger partial charge in [-0.1, -0.05) is 121 Å². The van der Waals surface area contributed by atoms with Gasteiger partial charge < -0.3 is 13.7 Å². The minimum absolute atomic E-state index is 0.139. The third kappa shape index (κ3) is 4.44. The first-order valence-corrected chi connectivity index (χ1v) is 16.3. The molecule has 0 amide bonds. The highest BCUT2D eigenvalue weighted by Crippen LogP contribution is 2.47. The predicted octanol–water partition coefficient (Wildman–Crippen LogP) is 13.4. The quantitative estimate of drug-likeness (QED) is 0.189. The number of anilines is 3. The molecular weight excluding hydrogens is 599 g/mol. The van der Waals surface area contributed by atoms with Gasteiger partial charge in [0.25, 0.3) is 0 Å². The smallest absolute Gasteiger partial charge is 0.143 e. The Morgan fingerprint density at radius 1 is 0.429 bits per heavy atom. The minimum Gasteiger partial charge on any atom is -0.456 e. The largest absolute Gasteiger partial charge is 0.456 e. The Bertz CT molecular complexity index is 3050. The second-order valence-electron chi connectivity index (χ2n) is 12.2. The van der Waals surface area contributed by atoms with E-state index < -0.39 is 0 Å². The molecule has 0 N–H and O–H groups in total. The second kappa shape index (κ2) is 11.0. The highest BCUT2D eigenvalue weighted by Gasteiger charge is 2.22. The molecule has 0 atom stereocenters. The number of fused-ring (bicyclic) bond motifs is 8. The molecule has 8 aromatic carbocycles. The summed E-state index contributed by atoms with van der Waals surface area (Å²) in [4.78, 5) is 1.88. The molecule has 0 aliphatic carbocycles. The summed E-state index contributed by atoms with van der Waals surface area (Å²) in [5.74, 6) is 0. The molecule has 2 aromatic heterocycles. The van der Waals surface area contributed by atoms with E-state index in [0.29, 0.717) is 28.1 Å². The van der Waals surface area contributed by atoms with Gasteiger partial charge in [0.2, 0.25) is 0 Å². The molecule has 230 valence electrons. The SMILES string of the molecule is [2H]c1c([2H])c(N(c2ccccc2-c2ccccc2)c2cccc3oc4c5ccccc5ccc4c23)c([2H])c([2H])c1-c1ccc2c(c1)oc1ccccc12. The molecule has 0 fully saturated rings. The van der Waals surface area contributed by atoms with E-state index >= 15 is 0 Å². The maximum Gasteiger partial charge on any atom is 0.143 e. The van der Waals surface area contributed by atoms with Crippen LogP contribution < -0.4 is 4.90 Å². The van der Waals surface area contributed by atoms with Crippen LogP contribution in [0.5, 0.6) is 0 Å². The first-order valence-electron chi connectivity index (χ1n) is 18.3. The minimum atomic E-state index is -0.163. The van der Waals surface area contributed by atoms with Gasteiger partial charge >= 0.3 is 0 Å². The van der Waals surface area contributed by atoms with Crippen molar-refractivity contribution in [2.75, 3.05) is 4.90 Å². The number of hydrogen-bond acceptors (Lipinski definition) is 3. The Kier molecular flexibility index (Phi) is 5.32. The molecule has 0 spiro atoms. The van der Waals surface area contributed by atoms with Crippen LogP contribution in [0.2, 0.25) is 0 Å². The fourth-order valence-electron chi connectivity index (χ4n) is 7.07. The average molecular weight is 632 g/mol. The lowest BCUT2D eigenvalue weighted by molar-refractivity contribution is 0.669. The van der Waals surface area contributed by atoms with Gasteiger partial charge in [-0.05, 0) is 76.6 Å². The monoisotopic (exact) mass is 631 g/mol. The zero-order valence-electron chi connectivity index (χ0n) is 30.2. The number of hydrogen-bond donors (Lipinski definition) is 0. The van der Waals surface area contributed by atoms with Crippen molar-refractivity contribution in [1.82, 2.24) is 0 Å². The Hall–Kier alpha value is -6.58. The maximum absolute atomic E-state index is 9.64. The summed E-state index contributed by atoms with van der Waals surface area (Å²) in [7, 11) is 0. The molecule has 0 radical (unpaired) electrons. The predicted molar refractivity (Wildman–Crippen MR) is 204 cm³/mol. The number of furan rings is 2. The van der Waals surface area contributed by atoms with Crippen LogP contribution in [0.4, 0.5) is 17.1 Å². The van der Waals surface area contributed by atoms with E-state index in [0.717, 1.165) is 54.6 Å². The van der Waals surface area contributed by atoms with E-state index in [1.807, 2.05) is 138 Å². The van der Waals surface area contributed by atoms with Crippen LogP contribution in [-0.2, 0) is 0 Å². The van der Waals surface area contributed by atoms with Gasteiger partial charge in [0.1, 0.15) is 22.3 Å². The molecule has 2 heterocycles. The molecule has 0 saturated heterocycles. The normalized spacial score (nSPS) is 12.8. The van der Waals surface area contributed by atoms with Crippen molar-refractivity contribution in [2.45, 2.75) is 0 Å². The van der Waals surface area contributed by atoms with Gasteiger partial charge in [-0.2, -0.15) is 0 Å². The van der Waals surface area contributed by atoms with E-state index in [2.05, 4.69) is 18.2 Å². The van der Waals surface area contributed by atoms with Gasteiger partial charge in [0, 0.05) is 32.8 Å². The second-order valence-corrected chi connectivity index (χ2v) is 12.2. The van der Waals surface area contributed by atoms with Crippen LogP contribution in [0.25, 0.3) is 76.9 Å². The topological polar surface area (TPSA) is 29.5 Å². The first kappa shape index (κ1) is 23.7. The van der Waals surface area contributed by atoms with Gasteiger partial charge in [0.15, 0.2) is 0 Å². The average Bonchev–Trinajstić information content (AvgIpc) is 3.78. The third-order valence-corrected chi connectivity index (χ3v) is 9.34. The number of nitrogens with zero attached hydrogens (tertiary/aromatic N) is 1. The summed E-state index contributed by atoms with van der Waals surface area (Å²) in [5, 5.41) is 5.65. The molecule has 0 saturated carbocycles. The van der Waals surface area contributed by atoms with Crippen molar-refractivity contribution < 1.29 is 14.3 Å². The van der Waals surface area contributed by atoms with Crippen LogP contribution in [-0.4, -0.2) is 0 Å². The number of benzene rings is 8. The molecule has 3 heteroatoms. The van der Waals surface area contributed by atoms with Crippen LogP contribution in [0.1, 0.15) is 5.48 Å². The lowest BCUT2D eigenvalue weighted by Gasteiger charge is -2.28. The van der Waals surface area contributed by atoms with Gasteiger partial charge in [-0.3, -0.25) is 0 Å². The molecule has 49 heavy (non-hydrogen) atoms. The van der Waals surface area contributed by atoms with E-state index in [9.17, 15) is 5.48 Å². The first-order chi connectivity index (χ1) is 26.0.